The second-order valence-electron chi connectivity index (χ2n) is 21.7. The molecule has 0 saturated carbocycles. The Labute approximate surface area is 520 Å². The van der Waals surface area contributed by atoms with Gasteiger partial charge in [0.1, 0.15) is 61.9 Å². The fourth-order valence-electron chi connectivity index (χ4n) is 9.26. The van der Waals surface area contributed by atoms with Crippen LogP contribution in [-0.2, 0) is 81.0 Å². The van der Waals surface area contributed by atoms with Crippen molar-refractivity contribution < 1.29 is 117 Å². The Balaban J connectivity index is 1.57. The average molecular weight is 1290 g/mol. The molecule has 2 aliphatic heterocycles. The number of hydrogen-bond donors (Lipinski definition) is 15. The Morgan fingerprint density at radius 1 is 0.449 bits per heavy atom. The van der Waals surface area contributed by atoms with Crippen molar-refractivity contribution in [2.45, 2.75) is 177 Å². The molecule has 12 atom stereocenters. The van der Waals surface area contributed by atoms with E-state index in [4.69, 9.17) is 42.6 Å². The topological polar surface area (TPSA) is 457 Å². The third-order valence-electron chi connectivity index (χ3n) is 14.0. The molecule has 89 heavy (non-hydrogen) atoms. The molecule has 2 fully saturated rings. The molecule has 32 nitrogen and oxygen atoms in total. The highest BCUT2D eigenvalue weighted by Gasteiger charge is 2.46. The highest BCUT2D eigenvalue weighted by Crippen LogP contribution is 2.24. The molecule has 5 unspecified atom stereocenters. The van der Waals surface area contributed by atoms with Crippen LogP contribution in [0, 0.1) is 5.92 Å². The van der Waals surface area contributed by atoms with Crippen molar-refractivity contribution in [1.82, 2.24) is 42.5 Å². The number of carbonyl (C=O) groups is 8. The molecule has 2 heterocycles. The standard InChI is InChI=1S/C57H104N8O24/c1-38(69)63-50-54(79)52(77)42(33-67)88-56(50)86-23-10-6-15-44(71)61-21-25-82-27-29-84-36-48(75)59-19-9-5-14-41(31-47(74)58-18-8-4-13-40(32-66)35-81-3)65-46(73)17-12-20-60-49(76)37-85-30-28-83-26-22-62-45(72)16-7-11-24-87-57-51(64-39(2)70)55(80)53(78)43(34-68)89-57/h40-43,50-57,66-68,77-80H,4-37H2,1-3H3,(H,58,74)(H,59,75)(H,60,76)(H,61,71)(H,62,72)(H,63,69)(H,64,70)(H,65,73)/t40?,41-,42?,43?,50?,51?,52+,53+,54+,55+,56+,57+/m0/s1. The first-order chi connectivity index (χ1) is 42.8. The SMILES string of the molecule is COCC(CO)CCCCNC(=O)C[C@H](CCCCNC(=O)COCCOCCNC(=O)CCCCO[C@@H]1OC(CO)[C@@H](O)[C@H](O)C1NC(C)=O)NC(=O)CCCNC(=O)COCCOCCNC(=O)CCCCO[C@@H]1OC(CO)[C@@H](O)[C@H](O)C1NC(C)=O. The van der Waals surface area contributed by atoms with Gasteiger partial charge in [-0.05, 0) is 64.2 Å². The quantitative estimate of drug-likeness (QED) is 0.0254. The summed E-state index contributed by atoms with van der Waals surface area (Å²) in [4.78, 5) is 98.4. The number of rotatable bonds is 52. The largest absolute Gasteiger partial charge is 0.396 e. The van der Waals surface area contributed by atoms with Crippen molar-refractivity contribution in [2.75, 3.05) is 132 Å². The Morgan fingerprint density at radius 2 is 0.876 bits per heavy atom. The van der Waals surface area contributed by atoms with E-state index < -0.39 is 92.4 Å². The minimum atomic E-state index is -1.42. The summed E-state index contributed by atoms with van der Waals surface area (Å²) in [6.45, 7) is 4.16. The summed E-state index contributed by atoms with van der Waals surface area (Å²) >= 11 is 0. The summed E-state index contributed by atoms with van der Waals surface area (Å²) in [5.41, 5.74) is 0. The number of aliphatic hydroxyl groups excluding tert-OH is 7. The van der Waals surface area contributed by atoms with Crippen LogP contribution >= 0.6 is 0 Å². The summed E-state index contributed by atoms with van der Waals surface area (Å²) in [6.07, 6.45) is -3.56. The molecule has 0 aromatic heterocycles. The summed E-state index contributed by atoms with van der Waals surface area (Å²) in [6, 6.07) is -2.58. The van der Waals surface area contributed by atoms with Gasteiger partial charge in [-0.15, -0.1) is 0 Å². The lowest BCUT2D eigenvalue weighted by atomic mass is 9.97. The van der Waals surface area contributed by atoms with Gasteiger partial charge in [-0.3, -0.25) is 38.4 Å². The monoisotopic (exact) mass is 1280 g/mol. The number of nitrogens with one attached hydrogen (secondary N) is 8. The van der Waals surface area contributed by atoms with Crippen LogP contribution in [0.4, 0.5) is 0 Å². The molecule has 15 N–H and O–H groups in total. The normalized spacial score (nSPS) is 22.3. The lowest BCUT2D eigenvalue weighted by Crippen LogP contribution is -2.64. The van der Waals surface area contributed by atoms with E-state index in [9.17, 15) is 74.1 Å². The Kier molecular flexibility index (Phi) is 44.9. The fraction of sp³-hybridized carbons (Fsp3) is 0.860. The molecule has 0 bridgehead atoms. The molecule has 2 rings (SSSR count). The summed E-state index contributed by atoms with van der Waals surface area (Å²) in [7, 11) is 1.58. The predicted molar refractivity (Wildman–Crippen MR) is 315 cm³/mol. The molecule has 2 saturated heterocycles. The van der Waals surface area contributed by atoms with Crippen LogP contribution in [0.15, 0.2) is 0 Å². The van der Waals surface area contributed by atoms with Gasteiger partial charge in [0, 0.05) is 111 Å². The van der Waals surface area contributed by atoms with Gasteiger partial charge in [0.15, 0.2) is 12.6 Å². The molecular formula is C57H104N8O24. The number of amides is 8. The second-order valence-corrected chi connectivity index (χ2v) is 21.7. The van der Waals surface area contributed by atoms with Gasteiger partial charge < -0.3 is 121 Å². The summed E-state index contributed by atoms with van der Waals surface area (Å²) in [5.74, 6) is -2.56. The Bertz CT molecular complexity index is 1990. The van der Waals surface area contributed by atoms with Crippen LogP contribution in [0.5, 0.6) is 0 Å². The van der Waals surface area contributed by atoms with E-state index in [1.165, 1.54) is 13.8 Å². The fourth-order valence-corrected chi connectivity index (χ4v) is 9.26. The van der Waals surface area contributed by atoms with Crippen molar-refractivity contribution in [3.63, 3.8) is 0 Å². The van der Waals surface area contributed by atoms with Gasteiger partial charge in [-0.2, -0.15) is 0 Å². The van der Waals surface area contributed by atoms with Gasteiger partial charge in [-0.25, -0.2) is 0 Å². The first-order valence-corrected chi connectivity index (χ1v) is 30.9. The number of methoxy groups -OCH3 is 1. The maximum atomic E-state index is 13.0. The van der Waals surface area contributed by atoms with Crippen LogP contribution < -0.4 is 42.5 Å². The molecule has 2 aliphatic rings. The van der Waals surface area contributed by atoms with Crippen molar-refractivity contribution >= 4 is 47.3 Å². The van der Waals surface area contributed by atoms with E-state index in [2.05, 4.69) is 42.5 Å². The van der Waals surface area contributed by atoms with E-state index in [0.717, 1.165) is 12.8 Å². The third-order valence-corrected chi connectivity index (χ3v) is 14.0. The maximum absolute atomic E-state index is 13.0. The molecular weight excluding hydrogens is 1180 g/mol. The van der Waals surface area contributed by atoms with Crippen molar-refractivity contribution in [1.29, 1.82) is 0 Å². The predicted octanol–water partition coefficient (Wildman–Crippen LogP) is -4.85. The molecule has 0 aliphatic carbocycles. The van der Waals surface area contributed by atoms with Crippen molar-refractivity contribution in [3.8, 4) is 0 Å². The van der Waals surface area contributed by atoms with E-state index in [-0.39, 0.29) is 159 Å². The van der Waals surface area contributed by atoms with Gasteiger partial charge in [0.05, 0.1) is 59.5 Å². The van der Waals surface area contributed by atoms with Gasteiger partial charge in [-0.1, -0.05) is 6.42 Å². The third kappa shape index (κ3) is 37.3. The van der Waals surface area contributed by atoms with Crippen molar-refractivity contribution in [3.05, 3.63) is 0 Å². The first kappa shape index (κ1) is 80.2. The van der Waals surface area contributed by atoms with Gasteiger partial charge in [0.25, 0.3) is 0 Å². The molecule has 0 aromatic carbocycles. The minimum Gasteiger partial charge on any atom is -0.396 e. The number of ether oxygens (including phenoxy) is 9. The zero-order valence-electron chi connectivity index (χ0n) is 52.0. The highest BCUT2D eigenvalue weighted by molar-refractivity contribution is 5.80. The highest BCUT2D eigenvalue weighted by atomic mass is 16.7. The lowest BCUT2D eigenvalue weighted by molar-refractivity contribution is -0.270. The van der Waals surface area contributed by atoms with Crippen LogP contribution in [0.3, 0.4) is 0 Å². The average Bonchev–Trinajstić information content (AvgIpc) is 1.51. The Hall–Kier alpha value is -4.88. The molecule has 0 radical (unpaired) electrons. The molecule has 516 valence electrons. The molecule has 8 amide bonds. The zero-order chi connectivity index (χ0) is 65.6. The Morgan fingerprint density at radius 3 is 1.33 bits per heavy atom. The van der Waals surface area contributed by atoms with E-state index >= 15 is 0 Å². The number of unbranched alkanes of at least 4 members (excludes halogenated alkanes) is 4. The zero-order valence-corrected chi connectivity index (χ0v) is 52.0. The van der Waals surface area contributed by atoms with E-state index in [1.54, 1.807) is 7.11 Å². The lowest BCUT2D eigenvalue weighted by Gasteiger charge is -2.42. The first-order valence-electron chi connectivity index (χ1n) is 30.9. The number of hydrogen-bond acceptors (Lipinski definition) is 24. The van der Waals surface area contributed by atoms with Gasteiger partial charge >= 0.3 is 0 Å². The van der Waals surface area contributed by atoms with Crippen LogP contribution in [0.2, 0.25) is 0 Å². The maximum Gasteiger partial charge on any atom is 0.245 e. The van der Waals surface area contributed by atoms with Crippen molar-refractivity contribution in [2.24, 2.45) is 5.92 Å². The summed E-state index contributed by atoms with van der Waals surface area (Å²) < 4.78 is 49.2. The van der Waals surface area contributed by atoms with Crippen LogP contribution in [-0.4, -0.2) is 283 Å². The summed E-state index contributed by atoms with van der Waals surface area (Å²) in [5, 5.41) is 91.2. The van der Waals surface area contributed by atoms with Crippen LogP contribution in [0.1, 0.15) is 110 Å². The van der Waals surface area contributed by atoms with Crippen LogP contribution in [0.25, 0.3) is 0 Å². The minimum absolute atomic E-state index is 0.0149. The smallest absolute Gasteiger partial charge is 0.245 e. The molecule has 0 aromatic rings. The number of carbonyl (C=O) groups excluding carboxylic acids is 8. The van der Waals surface area contributed by atoms with E-state index in [1.807, 2.05) is 0 Å². The second kappa shape index (κ2) is 49.8. The van der Waals surface area contributed by atoms with E-state index in [0.29, 0.717) is 77.5 Å². The molecule has 0 spiro atoms. The molecule has 32 heteroatoms. The van der Waals surface area contributed by atoms with Gasteiger partial charge in [0.2, 0.25) is 47.3 Å². The number of aliphatic hydroxyl groups is 7.